The molecule has 1 nitrogen and oxygen atoms in total. The van der Waals surface area contributed by atoms with E-state index >= 15 is 0 Å². The molecule has 2 bridgehead atoms. The van der Waals surface area contributed by atoms with E-state index in [4.69, 9.17) is 0 Å². The first kappa shape index (κ1) is 21.4. The molecule has 1 heteroatoms. The van der Waals surface area contributed by atoms with Gasteiger partial charge in [0, 0.05) is 17.1 Å². The molecule has 1 fully saturated rings. The fourth-order valence-electron chi connectivity index (χ4n) is 7.05. The zero-order valence-electron chi connectivity index (χ0n) is 21.0. The van der Waals surface area contributed by atoms with Crippen molar-refractivity contribution in [3.05, 3.63) is 126 Å². The summed E-state index contributed by atoms with van der Waals surface area (Å²) in [5.74, 6) is 0. The molecule has 0 aromatic heterocycles. The highest BCUT2D eigenvalue weighted by Crippen LogP contribution is 2.61. The van der Waals surface area contributed by atoms with Crippen LogP contribution in [0.4, 0.5) is 17.1 Å². The fraction of sp³-hybridized carbons (Fsp3) is 0.200. The van der Waals surface area contributed by atoms with Crippen LogP contribution in [0, 0.1) is 0 Å². The Morgan fingerprint density at radius 1 is 0.556 bits per heavy atom. The molecule has 0 saturated heterocycles. The Bertz CT molecular complexity index is 1550. The normalized spacial score (nSPS) is 22.1. The summed E-state index contributed by atoms with van der Waals surface area (Å²) in [4.78, 5) is 2.37. The third kappa shape index (κ3) is 3.23. The summed E-state index contributed by atoms with van der Waals surface area (Å²) in [5, 5.41) is 2.57. The van der Waals surface area contributed by atoms with E-state index in [0.29, 0.717) is 10.8 Å². The third-order valence-electron chi connectivity index (χ3n) is 8.77. The Morgan fingerprint density at radius 3 is 1.86 bits per heavy atom. The van der Waals surface area contributed by atoms with Crippen LogP contribution in [0.25, 0.3) is 21.9 Å². The molecule has 0 radical (unpaired) electrons. The Morgan fingerprint density at radius 2 is 1.17 bits per heavy atom. The van der Waals surface area contributed by atoms with Crippen LogP contribution in [-0.2, 0) is 10.8 Å². The molecule has 0 N–H and O–H groups in total. The summed E-state index contributed by atoms with van der Waals surface area (Å²) in [6.45, 7) is 4.95. The lowest BCUT2D eigenvalue weighted by molar-refractivity contribution is 0.484. The molecule has 5 aromatic carbocycles. The standard InChI is InChI=1S/C35H31N/c1-34-19-20-35(2,24-34)33-22-26(17-18-32(33)34)31-23-29(21-25-11-9-10-16-30(25)31)36(27-12-5-3-6-13-27)28-14-7-4-8-15-28/h3-18,21-23H,19-20,24H2,1-2H3. The first-order chi connectivity index (χ1) is 17.5. The van der Waals surface area contributed by atoms with Crippen molar-refractivity contribution < 1.29 is 0 Å². The van der Waals surface area contributed by atoms with E-state index in [0.717, 1.165) is 11.4 Å². The SMILES string of the molecule is CC12CCC(C)(C1)c1cc(-c3cc(N(c4ccccc4)c4ccccc4)cc4ccccc34)ccc12. The zero-order chi connectivity index (χ0) is 24.3. The second-order valence-electron chi connectivity index (χ2n) is 11.3. The van der Waals surface area contributed by atoms with Crippen molar-refractivity contribution >= 4 is 27.8 Å². The molecule has 5 aromatic rings. The summed E-state index contributed by atoms with van der Waals surface area (Å²) in [7, 11) is 0. The number of hydrogen-bond acceptors (Lipinski definition) is 1. The van der Waals surface area contributed by atoms with E-state index in [9.17, 15) is 0 Å². The molecule has 0 heterocycles. The Balaban J connectivity index is 1.46. The minimum absolute atomic E-state index is 0.313. The molecule has 176 valence electrons. The van der Waals surface area contributed by atoms with Crippen molar-refractivity contribution in [2.24, 2.45) is 0 Å². The molecule has 1 saturated carbocycles. The van der Waals surface area contributed by atoms with E-state index in [1.165, 1.54) is 46.8 Å². The predicted molar refractivity (Wildman–Crippen MR) is 153 cm³/mol. The van der Waals surface area contributed by atoms with Gasteiger partial charge in [0.2, 0.25) is 0 Å². The Kier molecular flexibility index (Phi) is 4.66. The quantitative estimate of drug-likeness (QED) is 0.255. The van der Waals surface area contributed by atoms with Gasteiger partial charge in [0.05, 0.1) is 0 Å². The maximum atomic E-state index is 2.51. The van der Waals surface area contributed by atoms with Gasteiger partial charge in [-0.25, -0.2) is 0 Å². The van der Waals surface area contributed by atoms with E-state index < -0.39 is 0 Å². The number of fused-ring (bicyclic) bond motifs is 6. The summed E-state index contributed by atoms with van der Waals surface area (Å²) in [6.07, 6.45) is 3.91. The van der Waals surface area contributed by atoms with Gasteiger partial charge >= 0.3 is 0 Å². The zero-order valence-corrected chi connectivity index (χ0v) is 21.0. The number of anilines is 3. The Labute approximate surface area is 214 Å². The van der Waals surface area contributed by atoms with E-state index in [1.807, 2.05) is 0 Å². The molecule has 2 aliphatic rings. The molecule has 7 rings (SSSR count). The smallest absolute Gasteiger partial charge is 0.0474 e. The van der Waals surface area contributed by atoms with Crippen molar-refractivity contribution in [2.75, 3.05) is 4.90 Å². The van der Waals surface area contributed by atoms with Crippen LogP contribution in [0.15, 0.2) is 115 Å². The second-order valence-corrected chi connectivity index (χ2v) is 11.3. The topological polar surface area (TPSA) is 3.24 Å². The van der Waals surface area contributed by atoms with Crippen LogP contribution < -0.4 is 4.90 Å². The average molecular weight is 466 g/mol. The van der Waals surface area contributed by atoms with Crippen LogP contribution >= 0.6 is 0 Å². The van der Waals surface area contributed by atoms with E-state index in [1.54, 1.807) is 11.1 Å². The minimum atomic E-state index is 0.313. The summed E-state index contributed by atoms with van der Waals surface area (Å²) in [5.41, 5.74) is 9.96. The van der Waals surface area contributed by atoms with Crippen LogP contribution in [0.2, 0.25) is 0 Å². The summed E-state index contributed by atoms with van der Waals surface area (Å²) >= 11 is 0. The monoisotopic (exact) mass is 465 g/mol. The lowest BCUT2D eigenvalue weighted by atomic mass is 9.77. The largest absolute Gasteiger partial charge is 0.310 e. The van der Waals surface area contributed by atoms with Crippen LogP contribution in [-0.4, -0.2) is 0 Å². The Hall–Kier alpha value is -3.84. The van der Waals surface area contributed by atoms with Crippen LogP contribution in [0.1, 0.15) is 44.2 Å². The molecule has 0 aliphatic heterocycles. The number of benzene rings is 5. The highest BCUT2D eigenvalue weighted by Gasteiger charge is 2.52. The molecule has 0 amide bonds. The minimum Gasteiger partial charge on any atom is -0.310 e. The van der Waals surface area contributed by atoms with Gasteiger partial charge in [-0.2, -0.15) is 0 Å². The molecule has 2 atom stereocenters. The lowest BCUT2D eigenvalue weighted by Crippen LogP contribution is -2.17. The van der Waals surface area contributed by atoms with Crippen LogP contribution in [0.5, 0.6) is 0 Å². The molecular weight excluding hydrogens is 434 g/mol. The van der Waals surface area contributed by atoms with Crippen molar-refractivity contribution in [3.63, 3.8) is 0 Å². The maximum absolute atomic E-state index is 2.51. The van der Waals surface area contributed by atoms with Gasteiger partial charge in [-0.05, 0) is 99.5 Å². The molecular formula is C35H31N. The third-order valence-corrected chi connectivity index (χ3v) is 8.77. The highest BCUT2D eigenvalue weighted by atomic mass is 15.1. The van der Waals surface area contributed by atoms with Crippen LogP contribution in [0.3, 0.4) is 0 Å². The summed E-state index contributed by atoms with van der Waals surface area (Å²) < 4.78 is 0. The van der Waals surface area contributed by atoms with Gasteiger partial charge in [0.15, 0.2) is 0 Å². The van der Waals surface area contributed by atoms with Crippen molar-refractivity contribution in [3.8, 4) is 11.1 Å². The van der Waals surface area contributed by atoms with Crippen molar-refractivity contribution in [1.29, 1.82) is 0 Å². The number of para-hydroxylation sites is 2. The number of rotatable bonds is 4. The number of hydrogen-bond donors (Lipinski definition) is 0. The highest BCUT2D eigenvalue weighted by molar-refractivity contribution is 6.01. The van der Waals surface area contributed by atoms with Gasteiger partial charge in [-0.1, -0.05) is 92.7 Å². The molecule has 2 unspecified atom stereocenters. The van der Waals surface area contributed by atoms with Gasteiger partial charge in [0.1, 0.15) is 0 Å². The molecule has 2 aliphatic carbocycles. The number of nitrogens with zero attached hydrogens (tertiary/aromatic N) is 1. The summed E-state index contributed by atoms with van der Waals surface area (Å²) in [6, 6.07) is 42.2. The first-order valence-corrected chi connectivity index (χ1v) is 13.1. The first-order valence-electron chi connectivity index (χ1n) is 13.1. The lowest BCUT2D eigenvalue weighted by Gasteiger charge is -2.28. The van der Waals surface area contributed by atoms with Gasteiger partial charge < -0.3 is 4.90 Å². The van der Waals surface area contributed by atoms with Gasteiger partial charge in [0.25, 0.3) is 0 Å². The van der Waals surface area contributed by atoms with Gasteiger partial charge in [-0.15, -0.1) is 0 Å². The van der Waals surface area contributed by atoms with E-state index in [2.05, 4.69) is 134 Å². The average Bonchev–Trinajstić information content (AvgIpc) is 3.36. The van der Waals surface area contributed by atoms with E-state index in [-0.39, 0.29) is 0 Å². The fourth-order valence-corrected chi connectivity index (χ4v) is 7.05. The van der Waals surface area contributed by atoms with Crippen molar-refractivity contribution in [1.82, 2.24) is 0 Å². The predicted octanol–water partition coefficient (Wildman–Crippen LogP) is 9.69. The molecule has 36 heavy (non-hydrogen) atoms. The maximum Gasteiger partial charge on any atom is 0.0474 e. The molecule has 0 spiro atoms. The second kappa shape index (κ2) is 7.83. The van der Waals surface area contributed by atoms with Gasteiger partial charge in [-0.3, -0.25) is 0 Å². The van der Waals surface area contributed by atoms with Crippen molar-refractivity contribution in [2.45, 2.75) is 43.9 Å².